The van der Waals surface area contributed by atoms with Gasteiger partial charge in [-0.3, -0.25) is 4.79 Å². The Hall–Kier alpha value is -1.56. The van der Waals surface area contributed by atoms with Crippen molar-refractivity contribution in [2.45, 2.75) is 25.7 Å². The van der Waals surface area contributed by atoms with Crippen LogP contribution in [0.25, 0.3) is 21.6 Å². The maximum atomic E-state index is 12.6. The molecule has 0 saturated carbocycles. The van der Waals surface area contributed by atoms with Crippen molar-refractivity contribution in [1.29, 1.82) is 0 Å². The Morgan fingerprint density at radius 1 is 1.21 bits per heavy atom. The summed E-state index contributed by atoms with van der Waals surface area (Å²) in [4.78, 5) is 22.2. The van der Waals surface area contributed by atoms with Gasteiger partial charge < -0.3 is 9.72 Å². The average Bonchev–Trinajstić information content (AvgIpc) is 2.93. The zero-order valence-electron chi connectivity index (χ0n) is 12.9. The molecule has 0 bridgehead atoms. The molecule has 2 aromatic heterocycles. The molecule has 0 aliphatic heterocycles. The lowest BCUT2D eigenvalue weighted by Gasteiger charge is -2.10. The number of hydrogen-bond acceptors (Lipinski definition) is 4. The van der Waals surface area contributed by atoms with Crippen LogP contribution in [0.4, 0.5) is 0 Å². The first-order valence-corrected chi connectivity index (χ1v) is 9.23. The summed E-state index contributed by atoms with van der Waals surface area (Å²) >= 11 is 14.0. The zero-order valence-corrected chi connectivity index (χ0v) is 15.2. The molecule has 0 unspecified atom stereocenters. The highest BCUT2D eigenvalue weighted by Crippen LogP contribution is 2.38. The number of thiophene rings is 1. The van der Waals surface area contributed by atoms with Crippen molar-refractivity contribution in [2.75, 3.05) is 7.11 Å². The predicted octanol–water partition coefficient (Wildman–Crippen LogP) is 4.85. The second-order valence-electron chi connectivity index (χ2n) is 5.78. The van der Waals surface area contributed by atoms with E-state index in [-0.39, 0.29) is 5.56 Å². The van der Waals surface area contributed by atoms with Crippen molar-refractivity contribution in [3.63, 3.8) is 0 Å². The lowest BCUT2D eigenvalue weighted by atomic mass is 9.97. The Kier molecular flexibility index (Phi) is 4.03. The fraction of sp³-hybridized carbons (Fsp3) is 0.294. The molecule has 1 N–H and O–H groups in total. The summed E-state index contributed by atoms with van der Waals surface area (Å²) in [6, 6.07) is 3.40. The molecule has 124 valence electrons. The Balaban J connectivity index is 1.91. The molecule has 1 aliphatic carbocycles. The molecule has 0 amide bonds. The highest BCUT2D eigenvalue weighted by Gasteiger charge is 2.20. The predicted molar refractivity (Wildman–Crippen MR) is 98.9 cm³/mol. The Bertz CT molecular complexity index is 987. The first-order valence-electron chi connectivity index (χ1n) is 7.66. The quantitative estimate of drug-likeness (QED) is 0.691. The number of benzene rings is 1. The van der Waals surface area contributed by atoms with E-state index in [0.29, 0.717) is 27.2 Å². The topological polar surface area (TPSA) is 55.0 Å². The smallest absolute Gasteiger partial charge is 0.260 e. The number of nitrogens with one attached hydrogen (secondary N) is 1. The van der Waals surface area contributed by atoms with Crippen molar-refractivity contribution in [1.82, 2.24) is 9.97 Å². The molecule has 4 rings (SSSR count). The molecule has 1 aliphatic rings. The van der Waals surface area contributed by atoms with Crippen LogP contribution < -0.4 is 10.3 Å². The molecule has 3 aromatic rings. The maximum absolute atomic E-state index is 12.6. The zero-order chi connectivity index (χ0) is 16.8. The van der Waals surface area contributed by atoms with Crippen molar-refractivity contribution in [3.05, 3.63) is 43.0 Å². The summed E-state index contributed by atoms with van der Waals surface area (Å²) in [5.74, 6) is 0.884. The van der Waals surface area contributed by atoms with Crippen LogP contribution in [0.15, 0.2) is 16.9 Å². The number of aromatic amines is 1. The molecule has 0 fully saturated rings. The second kappa shape index (κ2) is 6.06. The minimum atomic E-state index is -0.0996. The largest absolute Gasteiger partial charge is 0.494 e. The van der Waals surface area contributed by atoms with Crippen LogP contribution in [-0.4, -0.2) is 17.1 Å². The number of aryl methyl sites for hydroxylation is 2. The standard InChI is InChI=1S/C17H14Cl2N2O2S/c1-23-14-10(18)6-8(7-11(14)19)15-20-16(22)13-9-4-2-3-5-12(9)24-17(13)21-15/h6-7H,2-5H2,1H3,(H,20,21,22). The number of fused-ring (bicyclic) bond motifs is 3. The van der Waals surface area contributed by atoms with E-state index < -0.39 is 0 Å². The van der Waals surface area contributed by atoms with Crippen LogP contribution in [0.1, 0.15) is 23.3 Å². The summed E-state index contributed by atoms with van der Waals surface area (Å²) in [6.07, 6.45) is 4.29. The van der Waals surface area contributed by atoms with E-state index in [9.17, 15) is 4.79 Å². The maximum Gasteiger partial charge on any atom is 0.260 e. The van der Waals surface area contributed by atoms with Crippen molar-refractivity contribution in [3.8, 4) is 17.1 Å². The van der Waals surface area contributed by atoms with Gasteiger partial charge in [0, 0.05) is 10.4 Å². The Labute approximate surface area is 152 Å². The molecule has 2 heterocycles. The Morgan fingerprint density at radius 3 is 2.62 bits per heavy atom. The lowest BCUT2D eigenvalue weighted by molar-refractivity contribution is 0.415. The van der Waals surface area contributed by atoms with Crippen LogP contribution in [0.3, 0.4) is 0 Å². The number of rotatable bonds is 2. The van der Waals surface area contributed by atoms with E-state index in [1.807, 2.05) is 0 Å². The first-order chi connectivity index (χ1) is 11.6. The van der Waals surface area contributed by atoms with E-state index in [0.717, 1.165) is 29.5 Å². The summed E-state index contributed by atoms with van der Waals surface area (Å²) in [5, 5.41) is 1.51. The number of halogens is 2. The van der Waals surface area contributed by atoms with Crippen LogP contribution in [0.2, 0.25) is 10.0 Å². The summed E-state index contributed by atoms with van der Waals surface area (Å²) in [5.41, 5.74) is 1.74. The highest BCUT2D eigenvalue weighted by molar-refractivity contribution is 7.18. The first kappa shape index (κ1) is 15.9. The molecule has 24 heavy (non-hydrogen) atoms. The normalized spacial score (nSPS) is 14.0. The van der Waals surface area contributed by atoms with Gasteiger partial charge >= 0.3 is 0 Å². The third-order valence-electron chi connectivity index (χ3n) is 4.30. The van der Waals surface area contributed by atoms with Gasteiger partial charge in [0.15, 0.2) is 5.75 Å². The van der Waals surface area contributed by atoms with Gasteiger partial charge in [-0.05, 0) is 43.4 Å². The van der Waals surface area contributed by atoms with Gasteiger partial charge in [-0.15, -0.1) is 11.3 Å². The monoisotopic (exact) mass is 380 g/mol. The minimum absolute atomic E-state index is 0.0996. The summed E-state index contributed by atoms with van der Waals surface area (Å²) in [6.45, 7) is 0. The van der Waals surface area contributed by atoms with E-state index in [2.05, 4.69) is 9.97 Å². The van der Waals surface area contributed by atoms with Gasteiger partial charge in [0.25, 0.3) is 5.56 Å². The molecule has 0 radical (unpaired) electrons. The summed E-state index contributed by atoms with van der Waals surface area (Å²) in [7, 11) is 1.51. The van der Waals surface area contributed by atoms with E-state index in [4.69, 9.17) is 27.9 Å². The molecule has 4 nitrogen and oxygen atoms in total. The van der Waals surface area contributed by atoms with Crippen LogP contribution >= 0.6 is 34.5 Å². The van der Waals surface area contributed by atoms with Gasteiger partial charge in [0.1, 0.15) is 10.7 Å². The average molecular weight is 381 g/mol. The van der Waals surface area contributed by atoms with Gasteiger partial charge in [0.05, 0.1) is 22.5 Å². The molecule has 0 spiro atoms. The molecule has 0 atom stereocenters. The molecular weight excluding hydrogens is 367 g/mol. The van der Waals surface area contributed by atoms with Crippen molar-refractivity contribution < 1.29 is 4.74 Å². The summed E-state index contributed by atoms with van der Waals surface area (Å²) < 4.78 is 5.16. The van der Waals surface area contributed by atoms with Gasteiger partial charge in [-0.25, -0.2) is 4.98 Å². The van der Waals surface area contributed by atoms with Gasteiger partial charge in [-0.1, -0.05) is 23.2 Å². The van der Waals surface area contributed by atoms with Gasteiger partial charge in [0.2, 0.25) is 0 Å². The highest BCUT2D eigenvalue weighted by atomic mass is 35.5. The molecular formula is C17H14Cl2N2O2S. The number of methoxy groups -OCH3 is 1. The van der Waals surface area contributed by atoms with Crippen LogP contribution in [0, 0.1) is 0 Å². The molecule has 7 heteroatoms. The van der Waals surface area contributed by atoms with Gasteiger partial charge in [-0.2, -0.15) is 0 Å². The molecule has 1 aromatic carbocycles. The Morgan fingerprint density at radius 2 is 1.92 bits per heavy atom. The third kappa shape index (κ3) is 2.51. The van der Waals surface area contributed by atoms with Crippen LogP contribution in [0.5, 0.6) is 5.75 Å². The van der Waals surface area contributed by atoms with E-state index >= 15 is 0 Å². The van der Waals surface area contributed by atoms with Crippen molar-refractivity contribution >= 4 is 44.8 Å². The fourth-order valence-electron chi connectivity index (χ4n) is 3.19. The fourth-order valence-corrected chi connectivity index (χ4v) is 5.10. The number of aromatic nitrogens is 2. The number of nitrogens with zero attached hydrogens (tertiary/aromatic N) is 1. The number of ether oxygens (including phenoxy) is 1. The van der Waals surface area contributed by atoms with E-state index in [1.54, 1.807) is 23.5 Å². The number of hydrogen-bond donors (Lipinski definition) is 1. The third-order valence-corrected chi connectivity index (χ3v) is 6.05. The lowest BCUT2D eigenvalue weighted by Crippen LogP contribution is -2.11. The SMILES string of the molecule is COc1c(Cl)cc(-c2nc3sc4c(c3c(=O)[nH]2)CCCC4)cc1Cl. The molecule has 0 saturated heterocycles. The van der Waals surface area contributed by atoms with Crippen molar-refractivity contribution in [2.24, 2.45) is 0 Å². The van der Waals surface area contributed by atoms with Crippen LogP contribution in [-0.2, 0) is 12.8 Å². The second-order valence-corrected chi connectivity index (χ2v) is 7.68. The minimum Gasteiger partial charge on any atom is -0.494 e. The van der Waals surface area contributed by atoms with E-state index in [1.165, 1.54) is 24.0 Å². The number of H-pyrrole nitrogens is 1.